The van der Waals surface area contributed by atoms with E-state index in [1.54, 1.807) is 24.3 Å². The number of nitrogens with one attached hydrogen (secondary N) is 1. The number of ether oxygens (including phenoxy) is 2. The Morgan fingerprint density at radius 3 is 2.26 bits per heavy atom. The van der Waals surface area contributed by atoms with Crippen LogP contribution in [0.1, 0.15) is 5.56 Å². The molecule has 4 rings (SSSR count). The lowest BCUT2D eigenvalue weighted by molar-refractivity contribution is -0.114. The number of morpholine rings is 1. The molecule has 1 amide bonds. The topological polar surface area (TPSA) is 88.2 Å². The van der Waals surface area contributed by atoms with Gasteiger partial charge in [0.25, 0.3) is 0 Å². The Hall–Kier alpha value is -3.56. The first-order valence-corrected chi connectivity index (χ1v) is 13.2. The standard InChI is InChI=1S/C26H29N3O5S/c1-35(31,32)29(24-11-13-25(14-12-24)34-20-21-5-3-2-4-6-21)19-26(30)27-22-7-9-23(10-8-22)28-15-17-33-18-16-28/h2-14H,15-20H2,1H3,(H,27,30). The van der Waals surface area contributed by atoms with Crippen LogP contribution in [0.5, 0.6) is 5.75 Å². The maximum atomic E-state index is 12.7. The molecule has 1 saturated heterocycles. The highest BCUT2D eigenvalue weighted by Gasteiger charge is 2.21. The second kappa shape index (κ2) is 11.2. The van der Waals surface area contributed by atoms with Crippen molar-refractivity contribution in [3.63, 3.8) is 0 Å². The van der Waals surface area contributed by atoms with Gasteiger partial charge in [-0.2, -0.15) is 0 Å². The largest absolute Gasteiger partial charge is 0.489 e. The Morgan fingerprint density at radius 1 is 0.971 bits per heavy atom. The fourth-order valence-corrected chi connectivity index (χ4v) is 4.61. The van der Waals surface area contributed by atoms with Gasteiger partial charge in [-0.05, 0) is 54.1 Å². The smallest absolute Gasteiger partial charge is 0.245 e. The van der Waals surface area contributed by atoms with E-state index in [1.807, 2.05) is 54.6 Å². The lowest BCUT2D eigenvalue weighted by Gasteiger charge is -2.29. The minimum Gasteiger partial charge on any atom is -0.489 e. The zero-order valence-corrected chi connectivity index (χ0v) is 20.4. The highest BCUT2D eigenvalue weighted by atomic mass is 32.2. The van der Waals surface area contributed by atoms with Crippen molar-refractivity contribution in [2.45, 2.75) is 6.61 Å². The molecular weight excluding hydrogens is 466 g/mol. The van der Waals surface area contributed by atoms with Crippen molar-refractivity contribution in [2.75, 3.05) is 53.6 Å². The molecule has 0 radical (unpaired) electrons. The summed E-state index contributed by atoms with van der Waals surface area (Å²) in [6.45, 7) is 3.10. The summed E-state index contributed by atoms with van der Waals surface area (Å²) in [4.78, 5) is 14.9. The van der Waals surface area contributed by atoms with Gasteiger partial charge in [-0.15, -0.1) is 0 Å². The number of amides is 1. The Balaban J connectivity index is 1.37. The minimum atomic E-state index is -3.68. The molecule has 8 nitrogen and oxygen atoms in total. The summed E-state index contributed by atoms with van der Waals surface area (Å²) >= 11 is 0. The van der Waals surface area contributed by atoms with Crippen LogP contribution < -0.4 is 19.3 Å². The summed E-state index contributed by atoms with van der Waals surface area (Å²) in [5.74, 6) is 0.176. The third-order valence-electron chi connectivity index (χ3n) is 5.59. The van der Waals surface area contributed by atoms with Crippen LogP contribution in [0.25, 0.3) is 0 Å². The molecule has 184 valence electrons. The van der Waals surface area contributed by atoms with E-state index in [2.05, 4.69) is 10.2 Å². The van der Waals surface area contributed by atoms with Crippen molar-refractivity contribution >= 4 is 33.0 Å². The van der Waals surface area contributed by atoms with Crippen LogP contribution >= 0.6 is 0 Å². The first-order valence-electron chi connectivity index (χ1n) is 11.4. The summed E-state index contributed by atoms with van der Waals surface area (Å²) in [6, 6.07) is 23.9. The Labute approximate surface area is 206 Å². The van der Waals surface area contributed by atoms with Gasteiger partial charge in [0.2, 0.25) is 15.9 Å². The molecule has 1 aliphatic heterocycles. The van der Waals surface area contributed by atoms with Crippen LogP contribution in [-0.4, -0.2) is 53.4 Å². The molecule has 0 saturated carbocycles. The molecule has 0 unspecified atom stereocenters. The number of sulfonamides is 1. The molecule has 1 heterocycles. The molecule has 0 atom stereocenters. The van der Waals surface area contributed by atoms with Crippen molar-refractivity contribution in [3.8, 4) is 5.75 Å². The molecule has 3 aromatic carbocycles. The lowest BCUT2D eigenvalue weighted by atomic mass is 10.2. The van der Waals surface area contributed by atoms with Gasteiger partial charge < -0.3 is 19.7 Å². The first kappa shape index (κ1) is 24.6. The van der Waals surface area contributed by atoms with Gasteiger partial charge in [0.1, 0.15) is 18.9 Å². The van der Waals surface area contributed by atoms with Crippen LogP contribution in [0.4, 0.5) is 17.1 Å². The number of benzene rings is 3. The zero-order chi connectivity index (χ0) is 24.7. The monoisotopic (exact) mass is 495 g/mol. The molecule has 1 fully saturated rings. The molecule has 1 aliphatic rings. The SMILES string of the molecule is CS(=O)(=O)N(CC(=O)Nc1ccc(N2CCOCC2)cc1)c1ccc(OCc2ccccc2)cc1. The van der Waals surface area contributed by atoms with E-state index in [0.29, 0.717) is 36.9 Å². The second-order valence-corrected chi connectivity index (χ2v) is 10.1. The first-order chi connectivity index (χ1) is 16.9. The molecule has 9 heteroatoms. The van der Waals surface area contributed by atoms with Gasteiger partial charge in [0.05, 0.1) is 25.2 Å². The Kier molecular flexibility index (Phi) is 7.89. The Bertz CT molecular complexity index is 1210. The summed E-state index contributed by atoms with van der Waals surface area (Å²) < 4.78 is 37.1. The third-order valence-corrected chi connectivity index (χ3v) is 6.73. The van der Waals surface area contributed by atoms with Crippen molar-refractivity contribution < 1.29 is 22.7 Å². The fourth-order valence-electron chi connectivity index (χ4n) is 3.76. The van der Waals surface area contributed by atoms with Gasteiger partial charge in [0, 0.05) is 24.5 Å². The van der Waals surface area contributed by atoms with Crippen LogP contribution in [0, 0.1) is 0 Å². The van der Waals surface area contributed by atoms with Gasteiger partial charge >= 0.3 is 0 Å². The van der Waals surface area contributed by atoms with Crippen molar-refractivity contribution in [1.29, 1.82) is 0 Å². The van der Waals surface area contributed by atoms with E-state index >= 15 is 0 Å². The summed E-state index contributed by atoms with van der Waals surface area (Å²) in [6.07, 6.45) is 1.08. The molecular formula is C26H29N3O5S. The zero-order valence-electron chi connectivity index (χ0n) is 19.6. The number of carbonyl (C=O) groups excluding carboxylic acids is 1. The normalized spacial score (nSPS) is 13.8. The number of anilines is 3. The van der Waals surface area contributed by atoms with Gasteiger partial charge in [0.15, 0.2) is 0 Å². The highest BCUT2D eigenvalue weighted by Crippen LogP contribution is 2.23. The number of nitrogens with zero attached hydrogens (tertiary/aromatic N) is 2. The molecule has 3 aromatic rings. The van der Waals surface area contributed by atoms with E-state index in [9.17, 15) is 13.2 Å². The average Bonchev–Trinajstić information content (AvgIpc) is 2.87. The van der Waals surface area contributed by atoms with E-state index in [1.165, 1.54) is 0 Å². The number of carbonyl (C=O) groups is 1. The van der Waals surface area contributed by atoms with Gasteiger partial charge in [-0.1, -0.05) is 30.3 Å². The number of hydrogen-bond donors (Lipinski definition) is 1. The predicted octanol–water partition coefficient (Wildman–Crippen LogP) is 3.51. The van der Waals surface area contributed by atoms with E-state index in [-0.39, 0.29) is 6.54 Å². The van der Waals surface area contributed by atoms with Crippen LogP contribution in [-0.2, 0) is 26.2 Å². The van der Waals surface area contributed by atoms with Crippen molar-refractivity contribution in [2.24, 2.45) is 0 Å². The van der Waals surface area contributed by atoms with E-state index < -0.39 is 15.9 Å². The van der Waals surface area contributed by atoms with Crippen LogP contribution in [0.15, 0.2) is 78.9 Å². The highest BCUT2D eigenvalue weighted by molar-refractivity contribution is 7.92. The Morgan fingerprint density at radius 2 is 1.63 bits per heavy atom. The summed E-state index contributed by atoms with van der Waals surface area (Å²) in [7, 11) is -3.68. The van der Waals surface area contributed by atoms with Crippen molar-refractivity contribution in [3.05, 3.63) is 84.4 Å². The molecule has 0 spiro atoms. The van der Waals surface area contributed by atoms with Crippen molar-refractivity contribution in [1.82, 2.24) is 0 Å². The maximum Gasteiger partial charge on any atom is 0.245 e. The van der Waals surface area contributed by atoms with E-state index in [0.717, 1.165) is 34.9 Å². The molecule has 0 bridgehead atoms. The molecule has 1 N–H and O–H groups in total. The quantitative estimate of drug-likeness (QED) is 0.489. The molecule has 0 aromatic heterocycles. The van der Waals surface area contributed by atoms with Crippen LogP contribution in [0.2, 0.25) is 0 Å². The maximum absolute atomic E-state index is 12.7. The predicted molar refractivity (Wildman–Crippen MR) is 138 cm³/mol. The minimum absolute atomic E-state index is 0.339. The van der Waals surface area contributed by atoms with Crippen LogP contribution in [0.3, 0.4) is 0 Å². The van der Waals surface area contributed by atoms with Gasteiger partial charge in [-0.25, -0.2) is 8.42 Å². The average molecular weight is 496 g/mol. The fraction of sp³-hybridized carbons (Fsp3) is 0.269. The number of hydrogen-bond acceptors (Lipinski definition) is 6. The van der Waals surface area contributed by atoms with E-state index in [4.69, 9.17) is 9.47 Å². The third kappa shape index (κ3) is 6.97. The lowest BCUT2D eigenvalue weighted by Crippen LogP contribution is -2.37. The molecule has 35 heavy (non-hydrogen) atoms. The second-order valence-electron chi connectivity index (χ2n) is 8.23. The summed E-state index contributed by atoms with van der Waals surface area (Å²) in [5.41, 5.74) is 3.07. The van der Waals surface area contributed by atoms with Gasteiger partial charge in [-0.3, -0.25) is 9.10 Å². The summed E-state index contributed by atoms with van der Waals surface area (Å²) in [5, 5.41) is 2.78. The number of rotatable bonds is 9. The molecule has 0 aliphatic carbocycles.